The molecule has 4 heteroatoms. The van der Waals surface area contributed by atoms with Gasteiger partial charge in [0.15, 0.2) is 0 Å². The maximum Gasteiger partial charge on any atom is 0.135 e. The molecule has 1 fully saturated rings. The first kappa shape index (κ1) is 15.2. The van der Waals surface area contributed by atoms with Crippen LogP contribution in [0.2, 0.25) is 0 Å². The van der Waals surface area contributed by atoms with E-state index in [-0.39, 0.29) is 5.41 Å². The van der Waals surface area contributed by atoms with Gasteiger partial charge in [-0.3, -0.25) is 0 Å². The summed E-state index contributed by atoms with van der Waals surface area (Å²) in [7, 11) is 2.17. The highest BCUT2D eigenvalue weighted by Gasteiger charge is 2.24. The molecule has 0 aliphatic carbocycles. The summed E-state index contributed by atoms with van der Waals surface area (Å²) in [5, 5.41) is 0. The molecule has 0 unspecified atom stereocenters. The van der Waals surface area contributed by atoms with E-state index in [2.05, 4.69) is 49.5 Å². The molecule has 1 aromatic rings. The van der Waals surface area contributed by atoms with Crippen LogP contribution in [0.1, 0.15) is 46.4 Å². The fraction of sp³-hybridized carbons (Fsp3) is 0.750. The normalized spacial score (nSPS) is 18.2. The van der Waals surface area contributed by atoms with E-state index in [1.54, 1.807) is 0 Å². The van der Waals surface area contributed by atoms with Crippen molar-refractivity contribution in [3.05, 3.63) is 18.1 Å². The fourth-order valence-electron chi connectivity index (χ4n) is 2.72. The summed E-state index contributed by atoms with van der Waals surface area (Å²) in [5.41, 5.74) is 0.00241. The molecular formula is C16H28N4. The Labute approximate surface area is 123 Å². The Balaban J connectivity index is 2.08. The molecule has 20 heavy (non-hydrogen) atoms. The van der Waals surface area contributed by atoms with Crippen LogP contribution in [0.3, 0.4) is 0 Å². The van der Waals surface area contributed by atoms with Crippen LogP contribution in [0.15, 0.2) is 12.3 Å². The van der Waals surface area contributed by atoms with Crippen molar-refractivity contribution >= 4 is 5.82 Å². The molecule has 0 radical (unpaired) electrons. The fourth-order valence-corrected chi connectivity index (χ4v) is 2.72. The minimum Gasteiger partial charge on any atom is -0.356 e. The van der Waals surface area contributed by atoms with Gasteiger partial charge in [0.2, 0.25) is 0 Å². The predicted molar refractivity (Wildman–Crippen MR) is 84.3 cm³/mol. The molecule has 1 saturated heterocycles. The highest BCUT2D eigenvalue weighted by molar-refractivity contribution is 5.38. The van der Waals surface area contributed by atoms with Crippen LogP contribution >= 0.6 is 0 Å². The Kier molecular flexibility index (Phi) is 4.63. The van der Waals surface area contributed by atoms with Crippen molar-refractivity contribution in [3.63, 3.8) is 0 Å². The van der Waals surface area contributed by atoms with Gasteiger partial charge in [0.05, 0.1) is 0 Å². The van der Waals surface area contributed by atoms with Gasteiger partial charge in [-0.05, 0) is 25.5 Å². The lowest BCUT2D eigenvalue weighted by atomic mass is 9.96. The molecular weight excluding hydrogens is 248 g/mol. The van der Waals surface area contributed by atoms with Crippen molar-refractivity contribution < 1.29 is 0 Å². The summed E-state index contributed by atoms with van der Waals surface area (Å²) in [4.78, 5) is 14.0. The van der Waals surface area contributed by atoms with Crippen LogP contribution in [-0.2, 0) is 5.41 Å². The highest BCUT2D eigenvalue weighted by atomic mass is 15.2. The summed E-state index contributed by atoms with van der Waals surface area (Å²) >= 11 is 0. The van der Waals surface area contributed by atoms with Crippen molar-refractivity contribution in [1.29, 1.82) is 0 Å². The second kappa shape index (κ2) is 6.08. The van der Waals surface area contributed by atoms with E-state index in [0.717, 1.165) is 18.2 Å². The smallest absolute Gasteiger partial charge is 0.135 e. The van der Waals surface area contributed by atoms with Crippen LogP contribution < -0.4 is 4.90 Å². The molecule has 1 aromatic heterocycles. The van der Waals surface area contributed by atoms with Crippen molar-refractivity contribution in [1.82, 2.24) is 14.9 Å². The van der Waals surface area contributed by atoms with E-state index in [4.69, 9.17) is 4.98 Å². The zero-order chi connectivity index (χ0) is 14.8. The summed E-state index contributed by atoms with van der Waals surface area (Å²) in [5.74, 6) is 1.98. The third-order valence-corrected chi connectivity index (χ3v) is 4.23. The molecule has 1 aliphatic rings. The molecule has 4 nitrogen and oxygen atoms in total. The topological polar surface area (TPSA) is 32.3 Å². The van der Waals surface area contributed by atoms with Gasteiger partial charge in [-0.25, -0.2) is 9.97 Å². The molecule has 0 bridgehead atoms. The number of nitrogens with zero attached hydrogens (tertiary/aromatic N) is 4. The number of rotatable bonds is 3. The lowest BCUT2D eigenvalue weighted by Crippen LogP contribution is -2.43. The second-order valence-electron chi connectivity index (χ2n) is 6.76. The first-order valence-electron chi connectivity index (χ1n) is 7.70. The van der Waals surface area contributed by atoms with E-state index < -0.39 is 0 Å². The number of aromatic nitrogens is 2. The monoisotopic (exact) mass is 276 g/mol. The summed E-state index contributed by atoms with van der Waals surface area (Å²) in [6.07, 6.45) is 4.33. The van der Waals surface area contributed by atoms with Gasteiger partial charge in [-0.2, -0.15) is 0 Å². The van der Waals surface area contributed by atoms with Crippen LogP contribution in [0, 0.1) is 0 Å². The van der Waals surface area contributed by atoms with Gasteiger partial charge in [0.25, 0.3) is 0 Å². The Morgan fingerprint density at radius 2 is 1.95 bits per heavy atom. The molecule has 0 saturated carbocycles. The molecule has 0 atom stereocenters. The van der Waals surface area contributed by atoms with Crippen LogP contribution in [-0.4, -0.2) is 47.6 Å². The maximum absolute atomic E-state index is 4.76. The third kappa shape index (κ3) is 3.48. The highest BCUT2D eigenvalue weighted by Crippen LogP contribution is 2.23. The standard InChI is InChI=1S/C16H28N4/c1-6-20-11-8-13(9-12-20)19(5)14-7-10-17-15(18-14)16(2,3)4/h7,10,13H,6,8-9,11-12H2,1-5H3. The van der Waals surface area contributed by atoms with E-state index >= 15 is 0 Å². The van der Waals surface area contributed by atoms with Crippen LogP contribution in [0.4, 0.5) is 5.82 Å². The minimum atomic E-state index is 0.00241. The Morgan fingerprint density at radius 1 is 1.30 bits per heavy atom. The van der Waals surface area contributed by atoms with Gasteiger partial charge in [0.1, 0.15) is 11.6 Å². The van der Waals surface area contributed by atoms with Gasteiger partial charge in [-0.1, -0.05) is 27.7 Å². The molecule has 0 N–H and O–H groups in total. The van der Waals surface area contributed by atoms with Gasteiger partial charge in [-0.15, -0.1) is 0 Å². The van der Waals surface area contributed by atoms with Crippen molar-refractivity contribution in [2.45, 2.75) is 52.0 Å². The second-order valence-corrected chi connectivity index (χ2v) is 6.76. The summed E-state index contributed by atoms with van der Waals surface area (Å²) in [6.45, 7) is 12.3. The van der Waals surface area contributed by atoms with Gasteiger partial charge >= 0.3 is 0 Å². The first-order valence-corrected chi connectivity index (χ1v) is 7.70. The number of hydrogen-bond acceptors (Lipinski definition) is 4. The molecule has 2 rings (SSSR count). The van der Waals surface area contributed by atoms with Crippen molar-refractivity contribution in [2.75, 3.05) is 31.6 Å². The van der Waals surface area contributed by atoms with Gasteiger partial charge < -0.3 is 9.80 Å². The predicted octanol–water partition coefficient (Wildman–Crippen LogP) is 2.69. The van der Waals surface area contributed by atoms with Crippen LogP contribution in [0.5, 0.6) is 0 Å². The van der Waals surface area contributed by atoms with Crippen LogP contribution in [0.25, 0.3) is 0 Å². The lowest BCUT2D eigenvalue weighted by Gasteiger charge is -2.37. The zero-order valence-electron chi connectivity index (χ0n) is 13.6. The number of likely N-dealkylation sites (tertiary alicyclic amines) is 1. The Hall–Kier alpha value is -1.16. The SMILES string of the molecule is CCN1CCC(N(C)c2ccnc(C(C)(C)C)n2)CC1. The maximum atomic E-state index is 4.76. The third-order valence-electron chi connectivity index (χ3n) is 4.23. The first-order chi connectivity index (χ1) is 9.41. The minimum absolute atomic E-state index is 0.00241. The van der Waals surface area contributed by atoms with E-state index in [1.807, 2.05) is 12.3 Å². The average molecular weight is 276 g/mol. The quantitative estimate of drug-likeness (QED) is 0.849. The van der Waals surface area contributed by atoms with E-state index in [0.29, 0.717) is 6.04 Å². The van der Waals surface area contributed by atoms with E-state index in [1.165, 1.54) is 25.9 Å². The lowest BCUT2D eigenvalue weighted by molar-refractivity contribution is 0.220. The molecule has 0 amide bonds. The zero-order valence-corrected chi connectivity index (χ0v) is 13.6. The Bertz CT molecular complexity index is 430. The average Bonchev–Trinajstić information content (AvgIpc) is 2.46. The molecule has 2 heterocycles. The summed E-state index contributed by atoms with van der Waals surface area (Å²) < 4.78 is 0. The molecule has 112 valence electrons. The number of piperidine rings is 1. The molecule has 0 aromatic carbocycles. The van der Waals surface area contributed by atoms with Crippen molar-refractivity contribution in [3.8, 4) is 0 Å². The number of hydrogen-bond donors (Lipinski definition) is 0. The molecule has 0 spiro atoms. The van der Waals surface area contributed by atoms with Gasteiger partial charge in [0, 0.05) is 37.8 Å². The van der Waals surface area contributed by atoms with E-state index in [9.17, 15) is 0 Å². The summed E-state index contributed by atoms with van der Waals surface area (Å²) in [6, 6.07) is 2.63. The van der Waals surface area contributed by atoms with Crippen molar-refractivity contribution in [2.24, 2.45) is 0 Å². The Morgan fingerprint density at radius 3 is 2.50 bits per heavy atom. The number of anilines is 1. The molecule has 1 aliphatic heterocycles. The largest absolute Gasteiger partial charge is 0.356 e.